The third kappa shape index (κ3) is 4.99. The number of carbonyl (C=O) groups is 1. The molecule has 2 amide bonds. The molecule has 6 rings (SSSR count). The van der Waals surface area contributed by atoms with Gasteiger partial charge in [-0.05, 0) is 56.0 Å². The van der Waals surface area contributed by atoms with Gasteiger partial charge in [-0.25, -0.2) is 18.2 Å². The predicted octanol–water partition coefficient (Wildman–Crippen LogP) is 4.92. The summed E-state index contributed by atoms with van der Waals surface area (Å²) < 4.78 is 23.6. The van der Waals surface area contributed by atoms with Crippen LogP contribution in [0.1, 0.15) is 56.1 Å². The Kier molecular flexibility index (Phi) is 6.44. The van der Waals surface area contributed by atoms with Crippen molar-refractivity contribution in [2.75, 3.05) is 24.7 Å². The summed E-state index contributed by atoms with van der Waals surface area (Å²) in [5.74, 6) is 0. The highest BCUT2D eigenvalue weighted by atomic mass is 32.2. The standard InChI is InChI=1S/C28H35N5O3S/c1-37(35,36)22-11-13-32(14-12-22)17-19-7-9-20(10-8-19)25-15-23-24-18-33(21-5-3-2-4-6-21)28(34)31-26(24)16-29-27(23)30-25/h7-10,15-16,21-22H,2-6,11-14,17-18H2,1H3,(H,29,30)(H,31,34). The van der Waals surface area contributed by atoms with E-state index in [1.54, 1.807) is 6.20 Å². The van der Waals surface area contributed by atoms with Crippen molar-refractivity contribution < 1.29 is 13.2 Å². The maximum absolute atomic E-state index is 12.8. The van der Waals surface area contributed by atoms with Crippen molar-refractivity contribution in [3.8, 4) is 11.3 Å². The SMILES string of the molecule is CS(=O)(=O)C1CCN(Cc2ccc(-c3cc4c5c(cnc4[nH]3)NC(=O)N(C3CCCCC3)C5)cc2)CC1. The number of fused-ring (bicyclic) bond motifs is 3. The zero-order valence-electron chi connectivity index (χ0n) is 21.4. The van der Waals surface area contributed by atoms with Crippen LogP contribution in [0.15, 0.2) is 36.5 Å². The van der Waals surface area contributed by atoms with Gasteiger partial charge in [-0.2, -0.15) is 0 Å². The lowest BCUT2D eigenvalue weighted by atomic mass is 9.93. The van der Waals surface area contributed by atoms with Crippen LogP contribution in [0, 0.1) is 0 Å². The minimum absolute atomic E-state index is 0.00700. The molecular formula is C28H35N5O3S. The fraction of sp³-hybridized carbons (Fsp3) is 0.500. The number of H-pyrrole nitrogens is 1. The average Bonchev–Trinajstić information content (AvgIpc) is 3.34. The molecule has 3 aliphatic rings. The molecule has 2 aromatic heterocycles. The number of carbonyl (C=O) groups excluding carboxylic acids is 1. The van der Waals surface area contributed by atoms with Crippen molar-refractivity contribution in [3.63, 3.8) is 0 Å². The number of likely N-dealkylation sites (tertiary alicyclic amines) is 1. The Morgan fingerprint density at radius 3 is 2.46 bits per heavy atom. The molecule has 0 atom stereocenters. The van der Waals surface area contributed by atoms with Gasteiger partial charge in [-0.15, -0.1) is 0 Å². The largest absolute Gasteiger partial charge is 0.339 e. The molecule has 0 unspecified atom stereocenters. The van der Waals surface area contributed by atoms with Gasteiger partial charge in [0.15, 0.2) is 0 Å². The van der Waals surface area contributed by atoms with Gasteiger partial charge in [0.05, 0.1) is 23.7 Å². The van der Waals surface area contributed by atoms with E-state index in [1.165, 1.54) is 31.1 Å². The first kappa shape index (κ1) is 24.4. The van der Waals surface area contributed by atoms with E-state index in [4.69, 9.17) is 0 Å². The highest BCUT2D eigenvalue weighted by molar-refractivity contribution is 7.91. The Bertz CT molecular complexity index is 1400. The first-order valence-corrected chi connectivity index (χ1v) is 15.4. The Hall–Kier alpha value is -2.91. The molecule has 196 valence electrons. The summed E-state index contributed by atoms with van der Waals surface area (Å²) in [6, 6.07) is 11.0. The topological polar surface area (TPSA) is 98.4 Å². The number of nitrogens with one attached hydrogen (secondary N) is 2. The molecule has 3 aromatic rings. The van der Waals surface area contributed by atoms with Crippen molar-refractivity contribution in [2.24, 2.45) is 0 Å². The van der Waals surface area contributed by atoms with Gasteiger partial charge in [0.25, 0.3) is 0 Å². The second-order valence-electron chi connectivity index (χ2n) is 10.9. The number of anilines is 1. The Balaban J connectivity index is 1.18. The number of aromatic nitrogens is 2. The molecule has 1 saturated heterocycles. The van der Waals surface area contributed by atoms with E-state index in [1.807, 2.05) is 4.90 Å². The predicted molar refractivity (Wildman–Crippen MR) is 146 cm³/mol. The van der Waals surface area contributed by atoms with Crippen LogP contribution in [-0.2, 0) is 22.9 Å². The summed E-state index contributed by atoms with van der Waals surface area (Å²) in [4.78, 5) is 25.2. The summed E-state index contributed by atoms with van der Waals surface area (Å²) in [5.41, 5.74) is 6.11. The van der Waals surface area contributed by atoms with E-state index in [0.29, 0.717) is 25.4 Å². The Morgan fingerprint density at radius 2 is 1.76 bits per heavy atom. The van der Waals surface area contributed by atoms with E-state index in [2.05, 4.69) is 50.5 Å². The number of piperidine rings is 1. The Labute approximate surface area is 218 Å². The van der Waals surface area contributed by atoms with Crippen LogP contribution in [0.2, 0.25) is 0 Å². The number of amides is 2. The highest BCUT2D eigenvalue weighted by Crippen LogP contribution is 2.35. The van der Waals surface area contributed by atoms with Crippen LogP contribution in [0.25, 0.3) is 22.3 Å². The quantitative estimate of drug-likeness (QED) is 0.497. The molecule has 4 heterocycles. The van der Waals surface area contributed by atoms with Gasteiger partial charge in [0.1, 0.15) is 15.5 Å². The van der Waals surface area contributed by atoms with E-state index in [9.17, 15) is 13.2 Å². The normalized spacial score (nSPS) is 20.2. The fourth-order valence-electron chi connectivity index (χ4n) is 6.22. The molecule has 1 saturated carbocycles. The molecular weight excluding hydrogens is 486 g/mol. The number of benzene rings is 1. The monoisotopic (exact) mass is 521 g/mol. The Morgan fingerprint density at radius 1 is 1.03 bits per heavy atom. The summed E-state index contributed by atoms with van der Waals surface area (Å²) in [7, 11) is -2.95. The molecule has 2 N–H and O–H groups in total. The van der Waals surface area contributed by atoms with Crippen molar-refractivity contribution in [3.05, 3.63) is 47.7 Å². The summed E-state index contributed by atoms with van der Waals surface area (Å²) in [6.07, 6.45) is 10.3. The van der Waals surface area contributed by atoms with E-state index >= 15 is 0 Å². The minimum Gasteiger partial charge on any atom is -0.339 e. The molecule has 9 heteroatoms. The van der Waals surface area contributed by atoms with E-state index < -0.39 is 9.84 Å². The van der Waals surface area contributed by atoms with Crippen LogP contribution < -0.4 is 5.32 Å². The average molecular weight is 522 g/mol. The molecule has 37 heavy (non-hydrogen) atoms. The van der Waals surface area contributed by atoms with Crippen LogP contribution in [-0.4, -0.2) is 64.9 Å². The number of aromatic amines is 1. The number of sulfone groups is 1. The van der Waals surface area contributed by atoms with Crippen LogP contribution in [0.5, 0.6) is 0 Å². The fourth-order valence-corrected chi connectivity index (χ4v) is 7.29. The van der Waals surface area contributed by atoms with Gasteiger partial charge in [0, 0.05) is 35.5 Å². The van der Waals surface area contributed by atoms with Gasteiger partial charge in [0.2, 0.25) is 0 Å². The molecule has 8 nitrogen and oxygen atoms in total. The van der Waals surface area contributed by atoms with Crippen molar-refractivity contribution in [1.29, 1.82) is 0 Å². The summed E-state index contributed by atoms with van der Waals surface area (Å²) in [6.45, 7) is 3.08. The summed E-state index contributed by atoms with van der Waals surface area (Å²) >= 11 is 0. The molecule has 1 aromatic carbocycles. The third-order valence-electron chi connectivity index (χ3n) is 8.43. The van der Waals surface area contributed by atoms with E-state index in [0.717, 1.165) is 66.0 Å². The molecule has 1 aliphatic carbocycles. The first-order chi connectivity index (χ1) is 17.8. The van der Waals surface area contributed by atoms with Crippen LogP contribution in [0.4, 0.5) is 10.5 Å². The zero-order chi connectivity index (χ0) is 25.6. The molecule has 0 spiro atoms. The third-order valence-corrected chi connectivity index (χ3v) is 10.1. The lowest BCUT2D eigenvalue weighted by Gasteiger charge is -2.37. The van der Waals surface area contributed by atoms with Crippen molar-refractivity contribution >= 4 is 32.6 Å². The lowest BCUT2D eigenvalue weighted by Crippen LogP contribution is -2.46. The smallest absolute Gasteiger partial charge is 0.322 e. The molecule has 0 bridgehead atoms. The molecule has 2 aliphatic heterocycles. The van der Waals surface area contributed by atoms with Gasteiger partial charge < -0.3 is 15.2 Å². The zero-order valence-corrected chi connectivity index (χ0v) is 22.2. The minimum atomic E-state index is -2.95. The van der Waals surface area contributed by atoms with Gasteiger partial charge in [-0.3, -0.25) is 4.90 Å². The number of hydrogen-bond acceptors (Lipinski definition) is 5. The number of hydrogen-bond donors (Lipinski definition) is 2. The number of nitrogens with zero attached hydrogens (tertiary/aromatic N) is 3. The van der Waals surface area contributed by atoms with Crippen LogP contribution in [0.3, 0.4) is 0 Å². The first-order valence-electron chi connectivity index (χ1n) is 13.4. The molecule has 2 fully saturated rings. The highest BCUT2D eigenvalue weighted by Gasteiger charge is 2.31. The van der Waals surface area contributed by atoms with Gasteiger partial charge in [-0.1, -0.05) is 43.5 Å². The van der Waals surface area contributed by atoms with Crippen molar-refractivity contribution in [1.82, 2.24) is 19.8 Å². The second kappa shape index (κ2) is 9.76. The van der Waals surface area contributed by atoms with Crippen molar-refractivity contribution in [2.45, 2.75) is 69.3 Å². The van der Waals surface area contributed by atoms with Crippen LogP contribution >= 0.6 is 0 Å². The number of pyridine rings is 1. The molecule has 0 radical (unpaired) electrons. The van der Waals surface area contributed by atoms with E-state index in [-0.39, 0.29) is 11.3 Å². The second-order valence-corrected chi connectivity index (χ2v) is 13.3. The summed E-state index contributed by atoms with van der Waals surface area (Å²) in [5, 5.41) is 3.94. The lowest BCUT2D eigenvalue weighted by molar-refractivity contribution is 0.160. The maximum Gasteiger partial charge on any atom is 0.322 e. The van der Waals surface area contributed by atoms with Gasteiger partial charge >= 0.3 is 6.03 Å². The number of rotatable bonds is 5. The number of urea groups is 1. The maximum atomic E-state index is 12.8.